The van der Waals surface area contributed by atoms with Gasteiger partial charge in [0.1, 0.15) is 11.6 Å². The largest absolute Gasteiger partial charge is 0.448 e. The van der Waals surface area contributed by atoms with Crippen molar-refractivity contribution in [1.82, 2.24) is 0 Å². The lowest BCUT2D eigenvalue weighted by molar-refractivity contribution is -0.149. The van der Waals surface area contributed by atoms with Crippen molar-refractivity contribution in [2.24, 2.45) is 0 Å². The minimum absolute atomic E-state index is 0.162. The van der Waals surface area contributed by atoms with Gasteiger partial charge in [-0.15, -0.1) is 0 Å². The van der Waals surface area contributed by atoms with Crippen LogP contribution in [-0.2, 0) is 14.3 Å². The second-order valence-corrected chi connectivity index (χ2v) is 6.62. The van der Waals surface area contributed by atoms with Crippen molar-refractivity contribution >= 4 is 29.3 Å². The molecule has 0 N–H and O–H groups in total. The summed E-state index contributed by atoms with van der Waals surface area (Å²) in [4.78, 5) is 28.6. The van der Waals surface area contributed by atoms with Gasteiger partial charge in [-0.2, -0.15) is 5.26 Å². The Labute approximate surface area is 171 Å². The van der Waals surface area contributed by atoms with Gasteiger partial charge in [0.15, 0.2) is 6.10 Å². The second-order valence-electron chi connectivity index (χ2n) is 6.62. The van der Waals surface area contributed by atoms with Crippen LogP contribution in [0.1, 0.15) is 19.4 Å². The van der Waals surface area contributed by atoms with Gasteiger partial charge < -0.3 is 14.5 Å². The van der Waals surface area contributed by atoms with E-state index in [0.717, 1.165) is 11.4 Å². The molecule has 0 fully saturated rings. The molecule has 6 heteroatoms. The Kier molecular flexibility index (Phi) is 7.55. The van der Waals surface area contributed by atoms with E-state index in [1.807, 2.05) is 86.6 Å². The Bertz CT molecular complexity index is 913. The van der Waals surface area contributed by atoms with Crippen LogP contribution >= 0.6 is 0 Å². The molecule has 0 aliphatic heterocycles. The minimum atomic E-state index is -1.02. The molecule has 0 saturated heterocycles. The van der Waals surface area contributed by atoms with Crippen LogP contribution in [0.25, 0.3) is 6.08 Å². The first-order chi connectivity index (χ1) is 13.9. The summed E-state index contributed by atoms with van der Waals surface area (Å²) < 4.78 is 5.27. The van der Waals surface area contributed by atoms with Crippen molar-refractivity contribution in [2.45, 2.75) is 20.0 Å². The number of carbonyl (C=O) groups is 2. The first-order valence-electron chi connectivity index (χ1n) is 9.34. The fraction of sp³-hybridized carbons (Fsp3) is 0.261. The monoisotopic (exact) mass is 391 g/mol. The predicted octanol–water partition coefficient (Wildman–Crippen LogP) is 3.64. The molecule has 1 amide bonds. The number of anilines is 2. The van der Waals surface area contributed by atoms with Crippen molar-refractivity contribution in [3.05, 3.63) is 65.7 Å². The van der Waals surface area contributed by atoms with E-state index in [1.54, 1.807) is 0 Å². The van der Waals surface area contributed by atoms with Gasteiger partial charge in [-0.25, -0.2) is 4.79 Å². The molecular weight excluding hydrogens is 366 g/mol. The summed E-state index contributed by atoms with van der Waals surface area (Å²) in [5, 5.41) is 9.36. The Morgan fingerprint density at radius 1 is 1.07 bits per heavy atom. The van der Waals surface area contributed by atoms with Crippen LogP contribution in [0.15, 0.2) is 60.2 Å². The van der Waals surface area contributed by atoms with Crippen molar-refractivity contribution in [1.29, 1.82) is 5.26 Å². The van der Waals surface area contributed by atoms with Gasteiger partial charge in [-0.3, -0.25) is 4.79 Å². The highest BCUT2D eigenvalue weighted by Crippen LogP contribution is 2.17. The van der Waals surface area contributed by atoms with Gasteiger partial charge in [0.25, 0.3) is 5.91 Å². The quantitative estimate of drug-likeness (QED) is 0.409. The van der Waals surface area contributed by atoms with E-state index in [4.69, 9.17) is 4.74 Å². The average Bonchev–Trinajstić information content (AvgIpc) is 2.73. The number of carbonyl (C=O) groups excluding carboxylic acids is 2. The number of nitrogens with zero attached hydrogens (tertiary/aromatic N) is 3. The highest BCUT2D eigenvalue weighted by Gasteiger charge is 2.25. The number of ether oxygens (including phenoxy) is 1. The first-order valence-corrected chi connectivity index (χ1v) is 9.34. The maximum absolute atomic E-state index is 12.7. The molecule has 2 aromatic carbocycles. The van der Waals surface area contributed by atoms with E-state index in [-0.39, 0.29) is 11.5 Å². The fourth-order valence-electron chi connectivity index (χ4n) is 2.74. The Hall–Kier alpha value is -3.59. The van der Waals surface area contributed by atoms with Gasteiger partial charge in [0.05, 0.1) is 0 Å². The number of benzene rings is 2. The molecule has 0 radical (unpaired) electrons. The Morgan fingerprint density at radius 2 is 1.69 bits per heavy atom. The summed E-state index contributed by atoms with van der Waals surface area (Å²) in [5.41, 5.74) is 2.26. The number of amides is 1. The molecular formula is C23H25N3O3. The van der Waals surface area contributed by atoms with Gasteiger partial charge >= 0.3 is 5.97 Å². The topological polar surface area (TPSA) is 73.6 Å². The fourth-order valence-corrected chi connectivity index (χ4v) is 2.74. The van der Waals surface area contributed by atoms with Crippen LogP contribution in [0.4, 0.5) is 11.4 Å². The zero-order valence-electron chi connectivity index (χ0n) is 17.1. The van der Waals surface area contributed by atoms with Gasteiger partial charge in [-0.1, -0.05) is 30.3 Å². The number of hydrogen-bond acceptors (Lipinski definition) is 5. The van der Waals surface area contributed by atoms with Gasteiger partial charge in [0.2, 0.25) is 0 Å². The maximum atomic E-state index is 12.7. The summed E-state index contributed by atoms with van der Waals surface area (Å²) in [6, 6.07) is 18.4. The van der Waals surface area contributed by atoms with Crippen LogP contribution in [0.5, 0.6) is 0 Å². The number of nitriles is 1. The lowest BCUT2D eigenvalue weighted by Gasteiger charge is -2.24. The molecule has 0 aliphatic rings. The lowest BCUT2D eigenvalue weighted by Crippen LogP contribution is -2.40. The number of esters is 1. The molecule has 6 nitrogen and oxygen atoms in total. The number of rotatable bonds is 7. The van der Waals surface area contributed by atoms with Crippen molar-refractivity contribution < 1.29 is 14.3 Å². The molecule has 0 heterocycles. The molecule has 0 bridgehead atoms. The molecule has 0 aromatic heterocycles. The van der Waals surface area contributed by atoms with Crippen LogP contribution in [0.3, 0.4) is 0 Å². The molecule has 150 valence electrons. The molecule has 2 aromatic rings. The number of para-hydroxylation sites is 1. The van der Waals surface area contributed by atoms with Crippen LogP contribution in [0, 0.1) is 11.3 Å². The normalized spacial score (nSPS) is 11.9. The third kappa shape index (κ3) is 5.69. The molecule has 29 heavy (non-hydrogen) atoms. The minimum Gasteiger partial charge on any atom is -0.448 e. The summed E-state index contributed by atoms with van der Waals surface area (Å²) in [5.74, 6) is -1.17. The smallest absolute Gasteiger partial charge is 0.349 e. The number of likely N-dealkylation sites (N-methyl/N-ethyl adjacent to an activating group) is 1. The van der Waals surface area contributed by atoms with E-state index in [1.165, 1.54) is 17.9 Å². The van der Waals surface area contributed by atoms with E-state index in [9.17, 15) is 14.9 Å². The molecule has 0 aliphatic carbocycles. The summed E-state index contributed by atoms with van der Waals surface area (Å²) in [7, 11) is 3.85. The first kappa shape index (κ1) is 21.7. The third-order valence-corrected chi connectivity index (χ3v) is 4.34. The van der Waals surface area contributed by atoms with Crippen LogP contribution in [-0.4, -0.2) is 38.6 Å². The van der Waals surface area contributed by atoms with Crippen LogP contribution in [0.2, 0.25) is 0 Å². The third-order valence-electron chi connectivity index (χ3n) is 4.34. The van der Waals surface area contributed by atoms with Gasteiger partial charge in [-0.05, 0) is 49.8 Å². The van der Waals surface area contributed by atoms with E-state index < -0.39 is 12.1 Å². The van der Waals surface area contributed by atoms with E-state index in [0.29, 0.717) is 12.1 Å². The van der Waals surface area contributed by atoms with Gasteiger partial charge in [0, 0.05) is 32.0 Å². The number of hydrogen-bond donors (Lipinski definition) is 0. The van der Waals surface area contributed by atoms with E-state index >= 15 is 0 Å². The zero-order valence-corrected chi connectivity index (χ0v) is 17.1. The predicted molar refractivity (Wildman–Crippen MR) is 114 cm³/mol. The van der Waals surface area contributed by atoms with E-state index in [2.05, 4.69) is 0 Å². The standard InChI is InChI=1S/C23H25N3O3/c1-5-26(21-9-7-6-8-10-21)22(27)17(2)29-23(28)19(16-24)15-18-11-13-20(14-12-18)25(3)4/h6-15,17H,5H2,1-4H3/b19-15-. The molecule has 0 saturated carbocycles. The molecule has 1 atom stereocenters. The van der Waals surface area contributed by atoms with Crippen molar-refractivity contribution in [2.75, 3.05) is 30.4 Å². The molecule has 0 spiro atoms. The molecule has 1 unspecified atom stereocenters. The average molecular weight is 391 g/mol. The summed E-state index contributed by atoms with van der Waals surface area (Å²) in [6.07, 6.45) is 0.434. The Balaban J connectivity index is 2.11. The molecule has 2 rings (SSSR count). The highest BCUT2D eigenvalue weighted by molar-refractivity contribution is 6.01. The maximum Gasteiger partial charge on any atom is 0.349 e. The lowest BCUT2D eigenvalue weighted by atomic mass is 10.1. The zero-order chi connectivity index (χ0) is 21.4. The highest BCUT2D eigenvalue weighted by atomic mass is 16.5. The van der Waals surface area contributed by atoms with Crippen LogP contribution < -0.4 is 9.80 Å². The van der Waals surface area contributed by atoms with Crippen molar-refractivity contribution in [3.63, 3.8) is 0 Å². The summed E-state index contributed by atoms with van der Waals surface area (Å²) in [6.45, 7) is 3.79. The van der Waals surface area contributed by atoms with Crippen molar-refractivity contribution in [3.8, 4) is 6.07 Å². The summed E-state index contributed by atoms with van der Waals surface area (Å²) >= 11 is 0. The second kappa shape index (κ2) is 10.1. The Morgan fingerprint density at radius 3 is 2.21 bits per heavy atom. The SMILES string of the molecule is CCN(C(=O)C(C)OC(=O)/C(C#N)=C\c1ccc(N(C)C)cc1)c1ccccc1.